The number of hydrogen-bond donors (Lipinski definition) is 2. The van der Waals surface area contributed by atoms with Crippen LogP contribution in [0.25, 0.3) is 0 Å². The number of benzene rings is 2. The van der Waals surface area contributed by atoms with Crippen molar-refractivity contribution in [2.45, 2.75) is 13.8 Å². The molecule has 0 amide bonds. The molecule has 2 rings (SSSR count). The Morgan fingerprint density at radius 3 is 1.55 bits per heavy atom. The summed E-state index contributed by atoms with van der Waals surface area (Å²) in [5.41, 5.74) is 8.89. The van der Waals surface area contributed by atoms with Crippen molar-refractivity contribution in [3.05, 3.63) is 65.2 Å². The number of hydrogen-bond acceptors (Lipinski definition) is 3. The number of carbonyl (C=O) groups is 1. The third kappa shape index (κ3) is 7.34. The van der Waals surface area contributed by atoms with E-state index in [0.29, 0.717) is 5.56 Å². The summed E-state index contributed by atoms with van der Waals surface area (Å²) < 4.78 is 0. The van der Waals surface area contributed by atoms with Gasteiger partial charge in [-0.1, -0.05) is 35.4 Å². The molecule has 0 aliphatic carbocycles. The van der Waals surface area contributed by atoms with Gasteiger partial charge in [0.2, 0.25) is 0 Å². The normalized spacial score (nSPS) is 8.45. The summed E-state index contributed by atoms with van der Waals surface area (Å²) in [6.07, 6.45) is 0.833. The molecule has 0 fully saturated rings. The van der Waals surface area contributed by atoms with Gasteiger partial charge in [-0.2, -0.15) is 0 Å². The molecule has 3 heteroatoms. The first kappa shape index (κ1) is 17.9. The monoisotopic (exact) mass is 272 g/mol. The number of aryl methyl sites for hydroxylation is 2. The second-order valence-corrected chi connectivity index (χ2v) is 4.14. The Kier molecular flexibility index (Phi) is 9.62. The van der Waals surface area contributed by atoms with E-state index < -0.39 is 0 Å². The maximum absolute atomic E-state index is 10.2. The summed E-state index contributed by atoms with van der Waals surface area (Å²) >= 11 is 0. The predicted molar refractivity (Wildman–Crippen MR) is 87.4 cm³/mol. The van der Waals surface area contributed by atoms with Crippen LogP contribution in [0, 0.1) is 13.8 Å². The topological polar surface area (TPSA) is 55.1 Å². The first-order valence-corrected chi connectivity index (χ1v) is 6.49. The Morgan fingerprint density at radius 1 is 0.850 bits per heavy atom. The zero-order valence-electron chi connectivity index (χ0n) is 12.7. The lowest BCUT2D eigenvalue weighted by Gasteiger charge is -1.97. The highest BCUT2D eigenvalue weighted by Crippen LogP contribution is 2.05. The number of rotatable bonds is 2. The van der Waals surface area contributed by atoms with Crippen molar-refractivity contribution >= 4 is 12.0 Å². The van der Waals surface area contributed by atoms with Crippen LogP contribution in [0.4, 0.5) is 5.69 Å². The van der Waals surface area contributed by atoms with Crippen LogP contribution in [0.3, 0.4) is 0 Å². The molecule has 0 aliphatic rings. The minimum Gasteiger partial charge on any atom is -0.388 e. The molecule has 108 valence electrons. The molecular weight excluding hydrogens is 248 g/mol. The molecule has 0 unspecified atom stereocenters. The predicted octanol–water partition coefficient (Wildman–Crippen LogP) is 3.42. The van der Waals surface area contributed by atoms with Crippen molar-refractivity contribution in [3.8, 4) is 0 Å². The summed E-state index contributed by atoms with van der Waals surface area (Å²) in [4.78, 5) is 10.2. The van der Waals surface area contributed by atoms with Gasteiger partial charge >= 0.3 is 0 Å². The number of anilines is 1. The average Bonchev–Trinajstić information content (AvgIpc) is 2.53. The van der Waals surface area contributed by atoms with Crippen molar-refractivity contribution in [2.75, 3.05) is 19.4 Å². The largest absolute Gasteiger partial charge is 0.388 e. The number of nitrogens with two attached hydrogens (primary N) is 1. The number of nitrogens with one attached hydrogen (secondary N) is 1. The van der Waals surface area contributed by atoms with E-state index in [-0.39, 0.29) is 0 Å². The van der Waals surface area contributed by atoms with Gasteiger partial charge in [-0.15, -0.1) is 0 Å². The highest BCUT2D eigenvalue weighted by Gasteiger charge is 1.88. The molecule has 3 nitrogen and oxygen atoms in total. The van der Waals surface area contributed by atoms with E-state index in [1.807, 2.05) is 19.2 Å². The minimum absolute atomic E-state index is 0.707. The van der Waals surface area contributed by atoms with E-state index in [9.17, 15) is 4.79 Å². The van der Waals surface area contributed by atoms with Crippen LogP contribution >= 0.6 is 0 Å². The van der Waals surface area contributed by atoms with Gasteiger partial charge in [-0.05, 0) is 45.2 Å². The SMILES string of the molecule is CN.CNc1ccc(C=O)cc1.Cc1ccc(C)cc1. The molecule has 0 atom stereocenters. The van der Waals surface area contributed by atoms with Crippen molar-refractivity contribution in [1.82, 2.24) is 0 Å². The molecule has 0 radical (unpaired) electrons. The van der Waals surface area contributed by atoms with Gasteiger partial charge in [0, 0.05) is 18.3 Å². The van der Waals surface area contributed by atoms with Crippen LogP contribution in [-0.2, 0) is 0 Å². The fourth-order valence-electron chi connectivity index (χ4n) is 1.37. The Bertz CT molecular complexity index is 454. The van der Waals surface area contributed by atoms with Crippen LogP contribution in [0.15, 0.2) is 48.5 Å². The zero-order chi connectivity index (χ0) is 15.4. The third-order valence-electron chi connectivity index (χ3n) is 2.55. The van der Waals surface area contributed by atoms with Crippen LogP contribution in [0.2, 0.25) is 0 Å². The van der Waals surface area contributed by atoms with Crippen LogP contribution in [-0.4, -0.2) is 20.4 Å². The summed E-state index contributed by atoms with van der Waals surface area (Å²) in [6, 6.07) is 15.8. The van der Waals surface area contributed by atoms with Crippen LogP contribution < -0.4 is 11.1 Å². The Balaban J connectivity index is 0.000000327. The molecule has 2 aromatic carbocycles. The molecule has 0 spiro atoms. The van der Waals surface area contributed by atoms with Crippen molar-refractivity contribution < 1.29 is 4.79 Å². The highest BCUT2D eigenvalue weighted by atomic mass is 16.1. The van der Waals surface area contributed by atoms with E-state index >= 15 is 0 Å². The lowest BCUT2D eigenvalue weighted by atomic mass is 10.2. The first-order valence-electron chi connectivity index (χ1n) is 6.49. The second kappa shape index (κ2) is 10.8. The fraction of sp³-hybridized carbons (Fsp3) is 0.235. The highest BCUT2D eigenvalue weighted by molar-refractivity contribution is 5.75. The van der Waals surface area contributed by atoms with Gasteiger partial charge in [0.1, 0.15) is 6.29 Å². The van der Waals surface area contributed by atoms with Crippen LogP contribution in [0.5, 0.6) is 0 Å². The molecule has 0 saturated heterocycles. The lowest BCUT2D eigenvalue weighted by Crippen LogP contribution is -1.87. The van der Waals surface area contributed by atoms with E-state index in [1.165, 1.54) is 18.2 Å². The van der Waals surface area contributed by atoms with E-state index in [4.69, 9.17) is 0 Å². The molecule has 2 aromatic rings. The number of carbonyl (C=O) groups excluding carboxylic acids is 1. The molecular formula is C17H24N2O. The summed E-state index contributed by atoms with van der Waals surface area (Å²) in [7, 11) is 3.34. The standard InChI is InChI=1S/C8H9NO.C8H10.CH5N/c1-9-8-4-2-7(6-10)3-5-8;1-7-3-5-8(2)6-4-7;1-2/h2-6,9H,1H3;3-6H,1-2H3;2H2,1H3. The van der Waals surface area contributed by atoms with Gasteiger partial charge < -0.3 is 11.1 Å². The van der Waals surface area contributed by atoms with Crippen molar-refractivity contribution in [3.63, 3.8) is 0 Å². The summed E-state index contributed by atoms with van der Waals surface area (Å²) in [5.74, 6) is 0. The quantitative estimate of drug-likeness (QED) is 0.824. The average molecular weight is 272 g/mol. The van der Waals surface area contributed by atoms with E-state index in [1.54, 1.807) is 12.1 Å². The molecule has 3 N–H and O–H groups in total. The molecule has 0 aromatic heterocycles. The summed E-state index contributed by atoms with van der Waals surface area (Å²) in [5, 5.41) is 2.96. The Morgan fingerprint density at radius 2 is 1.25 bits per heavy atom. The summed E-state index contributed by atoms with van der Waals surface area (Å²) in [6.45, 7) is 4.19. The molecule has 0 saturated carbocycles. The lowest BCUT2D eigenvalue weighted by molar-refractivity contribution is 0.112. The Labute approximate surface area is 121 Å². The van der Waals surface area contributed by atoms with Gasteiger partial charge in [-0.25, -0.2) is 0 Å². The minimum atomic E-state index is 0.707. The first-order chi connectivity index (χ1) is 9.65. The second-order valence-electron chi connectivity index (χ2n) is 4.14. The molecule has 20 heavy (non-hydrogen) atoms. The van der Waals surface area contributed by atoms with Crippen LogP contribution in [0.1, 0.15) is 21.5 Å². The maximum Gasteiger partial charge on any atom is 0.150 e. The third-order valence-corrected chi connectivity index (χ3v) is 2.55. The van der Waals surface area contributed by atoms with Crippen molar-refractivity contribution in [2.24, 2.45) is 5.73 Å². The van der Waals surface area contributed by atoms with Gasteiger partial charge in [0.25, 0.3) is 0 Å². The zero-order valence-corrected chi connectivity index (χ0v) is 12.7. The molecule has 0 heterocycles. The fourth-order valence-corrected chi connectivity index (χ4v) is 1.37. The molecule has 0 bridgehead atoms. The number of aldehydes is 1. The van der Waals surface area contributed by atoms with Crippen molar-refractivity contribution in [1.29, 1.82) is 0 Å². The smallest absolute Gasteiger partial charge is 0.150 e. The molecule has 0 aliphatic heterocycles. The van der Waals surface area contributed by atoms with E-state index in [2.05, 4.69) is 49.2 Å². The van der Waals surface area contributed by atoms with Gasteiger partial charge in [-0.3, -0.25) is 4.79 Å². The maximum atomic E-state index is 10.2. The Hall–Kier alpha value is -2.13. The van der Waals surface area contributed by atoms with Gasteiger partial charge in [0.15, 0.2) is 0 Å². The van der Waals surface area contributed by atoms with E-state index in [0.717, 1.165) is 12.0 Å². The van der Waals surface area contributed by atoms with Gasteiger partial charge in [0.05, 0.1) is 0 Å².